The summed E-state index contributed by atoms with van der Waals surface area (Å²) in [7, 11) is 0. The molecule has 0 saturated heterocycles. The highest BCUT2D eigenvalue weighted by Gasteiger charge is 2.19. The zero-order chi connectivity index (χ0) is 41.2. The minimum Gasteiger partial charge on any atom is -0.462 e. The molecule has 0 bridgehead atoms. The molecule has 0 radical (unpaired) electrons. The lowest BCUT2D eigenvalue weighted by atomic mass is 9.99. The molecule has 0 aliphatic carbocycles. The predicted molar refractivity (Wildman–Crippen MR) is 238 cm³/mol. The van der Waals surface area contributed by atoms with Gasteiger partial charge in [-0.05, 0) is 31.1 Å². The summed E-state index contributed by atoms with van der Waals surface area (Å²) in [5.41, 5.74) is 0. The molecule has 6 nitrogen and oxygen atoms in total. The maximum Gasteiger partial charge on any atom is 0.306 e. The van der Waals surface area contributed by atoms with E-state index in [1.807, 2.05) is 0 Å². The van der Waals surface area contributed by atoms with Gasteiger partial charge in [0.25, 0.3) is 0 Å². The van der Waals surface area contributed by atoms with Crippen LogP contribution in [-0.4, -0.2) is 37.2 Å². The highest BCUT2D eigenvalue weighted by molar-refractivity contribution is 5.71. The summed E-state index contributed by atoms with van der Waals surface area (Å²) in [4.78, 5) is 37.8. The second-order valence-corrected chi connectivity index (χ2v) is 17.8. The van der Waals surface area contributed by atoms with Crippen LogP contribution in [0.4, 0.5) is 0 Å². The number of carbonyl (C=O) groups is 3. The number of unbranched alkanes of at least 4 members (excludes halogenated alkanes) is 28. The number of carbonyl (C=O) groups excluding carboxylic acids is 3. The monoisotopic (exact) mass is 793 g/mol. The van der Waals surface area contributed by atoms with Crippen LogP contribution in [-0.2, 0) is 28.6 Å². The summed E-state index contributed by atoms with van der Waals surface area (Å²) in [6.07, 6.45) is 42.2. The Kier molecular flexibility index (Phi) is 41.8. The van der Waals surface area contributed by atoms with E-state index < -0.39 is 6.10 Å². The first kappa shape index (κ1) is 54.4. The van der Waals surface area contributed by atoms with Crippen molar-refractivity contribution in [3.8, 4) is 0 Å². The fraction of sp³-hybridized carbons (Fsp3) is 0.940. The number of esters is 3. The van der Waals surface area contributed by atoms with Crippen molar-refractivity contribution in [1.29, 1.82) is 0 Å². The maximum absolute atomic E-state index is 12.8. The van der Waals surface area contributed by atoms with Gasteiger partial charge in [0, 0.05) is 19.3 Å². The van der Waals surface area contributed by atoms with Crippen LogP contribution in [0, 0.1) is 11.8 Å². The molecule has 0 fully saturated rings. The third kappa shape index (κ3) is 42.0. The second kappa shape index (κ2) is 43.0. The molecule has 0 aromatic rings. The van der Waals surface area contributed by atoms with Gasteiger partial charge in [-0.15, -0.1) is 0 Å². The SMILES string of the molecule is CCCCCCCCCCCCC(=O)OC[C@H](COC(=O)CCCCCCCCCCCCCC(C)C)OC(=O)CCCCCCCCCCCCC(C)CC. The molecule has 0 N–H and O–H groups in total. The van der Waals surface area contributed by atoms with Crippen molar-refractivity contribution in [2.24, 2.45) is 11.8 Å². The third-order valence-electron chi connectivity index (χ3n) is 11.6. The zero-order valence-corrected chi connectivity index (χ0v) is 38.3. The van der Waals surface area contributed by atoms with Crippen LogP contribution < -0.4 is 0 Å². The summed E-state index contributed by atoms with van der Waals surface area (Å²) in [6, 6.07) is 0. The molecule has 6 heteroatoms. The fourth-order valence-corrected chi connectivity index (χ4v) is 7.43. The molecule has 0 aromatic carbocycles. The van der Waals surface area contributed by atoms with Gasteiger partial charge in [0.1, 0.15) is 13.2 Å². The van der Waals surface area contributed by atoms with Crippen molar-refractivity contribution in [1.82, 2.24) is 0 Å². The Morgan fingerprint density at radius 3 is 1.02 bits per heavy atom. The molecule has 0 aliphatic rings. The fourth-order valence-electron chi connectivity index (χ4n) is 7.43. The predicted octanol–water partition coefficient (Wildman–Crippen LogP) is 15.8. The molecule has 0 spiro atoms. The molecular weight excluding hydrogens is 697 g/mol. The molecule has 56 heavy (non-hydrogen) atoms. The molecule has 332 valence electrons. The number of ether oxygens (including phenoxy) is 3. The lowest BCUT2D eigenvalue weighted by Gasteiger charge is -2.18. The molecule has 0 amide bonds. The van der Waals surface area contributed by atoms with Crippen LogP contribution in [0.25, 0.3) is 0 Å². The topological polar surface area (TPSA) is 78.9 Å². The van der Waals surface area contributed by atoms with Crippen molar-refractivity contribution in [3.05, 3.63) is 0 Å². The van der Waals surface area contributed by atoms with Gasteiger partial charge in [-0.2, -0.15) is 0 Å². The van der Waals surface area contributed by atoms with Crippen LogP contribution in [0.5, 0.6) is 0 Å². The van der Waals surface area contributed by atoms with Gasteiger partial charge in [-0.1, -0.05) is 234 Å². The van der Waals surface area contributed by atoms with Gasteiger partial charge in [-0.3, -0.25) is 14.4 Å². The molecule has 2 atom stereocenters. The lowest BCUT2D eigenvalue weighted by molar-refractivity contribution is -0.167. The molecule has 0 aromatic heterocycles. The molecule has 0 aliphatic heterocycles. The third-order valence-corrected chi connectivity index (χ3v) is 11.6. The van der Waals surface area contributed by atoms with Gasteiger partial charge in [-0.25, -0.2) is 0 Å². The van der Waals surface area contributed by atoms with E-state index in [0.717, 1.165) is 69.6 Å². The van der Waals surface area contributed by atoms with Gasteiger partial charge in [0.15, 0.2) is 6.10 Å². The first-order valence-corrected chi connectivity index (χ1v) is 24.8. The molecule has 0 heterocycles. The van der Waals surface area contributed by atoms with Crippen LogP contribution in [0.2, 0.25) is 0 Å². The quantitative estimate of drug-likeness (QED) is 0.0347. The van der Waals surface area contributed by atoms with E-state index in [-0.39, 0.29) is 31.1 Å². The zero-order valence-electron chi connectivity index (χ0n) is 38.3. The normalized spacial score (nSPS) is 12.5. The van der Waals surface area contributed by atoms with E-state index in [1.54, 1.807) is 0 Å². The largest absolute Gasteiger partial charge is 0.462 e. The summed E-state index contributed by atoms with van der Waals surface area (Å²) in [5, 5.41) is 0. The standard InChI is InChI=1S/C50H96O6/c1-6-8-9-10-11-12-20-25-30-35-40-48(51)54-43-47(56-50(53)42-37-32-27-22-17-16-19-24-29-34-39-46(5)7-2)44-55-49(52)41-36-31-26-21-15-13-14-18-23-28-33-38-45(3)4/h45-47H,6-44H2,1-5H3/t46?,47-/m1/s1. The first-order chi connectivity index (χ1) is 27.3. The van der Waals surface area contributed by atoms with E-state index in [0.29, 0.717) is 19.3 Å². The summed E-state index contributed by atoms with van der Waals surface area (Å²) in [6.45, 7) is 11.4. The van der Waals surface area contributed by atoms with Crippen LogP contribution in [0.3, 0.4) is 0 Å². The highest BCUT2D eigenvalue weighted by Crippen LogP contribution is 2.17. The van der Waals surface area contributed by atoms with Crippen molar-refractivity contribution >= 4 is 17.9 Å². The average molecular weight is 793 g/mol. The van der Waals surface area contributed by atoms with Crippen LogP contribution >= 0.6 is 0 Å². The van der Waals surface area contributed by atoms with Gasteiger partial charge >= 0.3 is 17.9 Å². The Morgan fingerprint density at radius 1 is 0.375 bits per heavy atom. The summed E-state index contributed by atoms with van der Waals surface area (Å²) >= 11 is 0. The second-order valence-electron chi connectivity index (χ2n) is 17.8. The summed E-state index contributed by atoms with van der Waals surface area (Å²) < 4.78 is 16.8. The summed E-state index contributed by atoms with van der Waals surface area (Å²) in [5.74, 6) is 0.841. The Labute approximate surface area is 348 Å². The van der Waals surface area contributed by atoms with E-state index in [9.17, 15) is 14.4 Å². The van der Waals surface area contributed by atoms with Crippen molar-refractivity contribution in [2.45, 2.75) is 278 Å². The van der Waals surface area contributed by atoms with Gasteiger partial charge in [0.05, 0.1) is 0 Å². The van der Waals surface area contributed by atoms with Crippen molar-refractivity contribution < 1.29 is 28.6 Å². The lowest BCUT2D eigenvalue weighted by Crippen LogP contribution is -2.30. The van der Waals surface area contributed by atoms with E-state index in [1.165, 1.54) is 161 Å². The van der Waals surface area contributed by atoms with Gasteiger partial charge < -0.3 is 14.2 Å². The Bertz CT molecular complexity index is 856. The molecular formula is C50H96O6. The van der Waals surface area contributed by atoms with Crippen LogP contribution in [0.15, 0.2) is 0 Å². The van der Waals surface area contributed by atoms with Crippen molar-refractivity contribution in [3.63, 3.8) is 0 Å². The van der Waals surface area contributed by atoms with E-state index in [4.69, 9.17) is 14.2 Å². The maximum atomic E-state index is 12.8. The molecule has 0 rings (SSSR count). The smallest absolute Gasteiger partial charge is 0.306 e. The number of rotatable bonds is 44. The molecule has 1 unspecified atom stereocenters. The Balaban J connectivity index is 4.32. The van der Waals surface area contributed by atoms with E-state index in [2.05, 4.69) is 34.6 Å². The van der Waals surface area contributed by atoms with Gasteiger partial charge in [0.2, 0.25) is 0 Å². The van der Waals surface area contributed by atoms with E-state index >= 15 is 0 Å². The Hall–Kier alpha value is -1.59. The average Bonchev–Trinajstić information content (AvgIpc) is 3.18. The highest BCUT2D eigenvalue weighted by atomic mass is 16.6. The minimum atomic E-state index is -0.761. The number of hydrogen-bond acceptors (Lipinski definition) is 6. The van der Waals surface area contributed by atoms with Crippen LogP contribution in [0.1, 0.15) is 272 Å². The Morgan fingerprint density at radius 2 is 0.679 bits per heavy atom. The molecule has 0 saturated carbocycles. The number of hydrogen-bond donors (Lipinski definition) is 0. The van der Waals surface area contributed by atoms with Crippen molar-refractivity contribution in [2.75, 3.05) is 13.2 Å². The first-order valence-electron chi connectivity index (χ1n) is 24.8. The minimum absolute atomic E-state index is 0.0643.